The lowest BCUT2D eigenvalue weighted by Crippen LogP contribution is -2.15. The monoisotopic (exact) mass is 285 g/mol. The molecule has 2 heterocycles. The number of pyridine rings is 1. The lowest BCUT2D eigenvalue weighted by atomic mass is 9.86. The minimum atomic E-state index is 0.122. The van der Waals surface area contributed by atoms with Crippen LogP contribution in [-0.2, 0) is 4.79 Å². The smallest absolute Gasteiger partial charge is 0.224 e. The molecule has 0 saturated heterocycles. The van der Waals surface area contributed by atoms with Gasteiger partial charge in [0.1, 0.15) is 5.65 Å². The molecule has 0 unspecified atom stereocenters. The summed E-state index contributed by atoms with van der Waals surface area (Å²) in [6.07, 6.45) is 12.2. The number of imidazole rings is 1. The molecule has 0 radical (unpaired) electrons. The van der Waals surface area contributed by atoms with Crippen LogP contribution in [0.2, 0.25) is 0 Å². The lowest BCUT2D eigenvalue weighted by molar-refractivity contribution is -0.116. The number of nitrogens with zero attached hydrogens (tertiary/aromatic N) is 2. The molecule has 1 aliphatic rings. The van der Waals surface area contributed by atoms with E-state index in [0.717, 1.165) is 29.4 Å². The third kappa shape index (κ3) is 3.63. The average Bonchev–Trinajstić information content (AvgIpc) is 2.85. The van der Waals surface area contributed by atoms with Crippen LogP contribution in [0.4, 0.5) is 5.69 Å². The highest BCUT2D eigenvalue weighted by atomic mass is 16.1. The summed E-state index contributed by atoms with van der Waals surface area (Å²) in [6, 6.07) is 3.85. The maximum absolute atomic E-state index is 12.1. The summed E-state index contributed by atoms with van der Waals surface area (Å²) in [5.74, 6) is 0.875. The molecule has 1 aliphatic carbocycles. The highest BCUT2D eigenvalue weighted by Gasteiger charge is 2.14. The van der Waals surface area contributed by atoms with Gasteiger partial charge in [0.25, 0.3) is 0 Å². The SMILES string of the molecule is Cc1cn2cc(NC(=O)CCC3CCCCC3)ccc2n1. The van der Waals surface area contributed by atoms with Crippen molar-refractivity contribution in [2.45, 2.75) is 51.9 Å². The van der Waals surface area contributed by atoms with Crippen LogP contribution in [0.3, 0.4) is 0 Å². The van der Waals surface area contributed by atoms with E-state index < -0.39 is 0 Å². The fourth-order valence-corrected chi connectivity index (χ4v) is 3.23. The predicted octanol–water partition coefficient (Wildman–Crippen LogP) is 3.94. The third-order valence-corrected chi connectivity index (χ3v) is 4.36. The Hall–Kier alpha value is -1.84. The first kappa shape index (κ1) is 14.1. The van der Waals surface area contributed by atoms with Gasteiger partial charge in [-0.1, -0.05) is 32.1 Å². The minimum Gasteiger partial charge on any atom is -0.325 e. The summed E-state index contributed by atoms with van der Waals surface area (Å²) < 4.78 is 1.95. The standard InChI is InChI=1S/C17H23N3O/c1-13-11-20-12-15(8-9-16(20)18-13)19-17(21)10-7-14-5-3-2-4-6-14/h8-9,11-12,14H,2-7,10H2,1H3,(H,19,21). The van der Waals surface area contributed by atoms with Gasteiger partial charge in [-0.25, -0.2) is 4.98 Å². The summed E-state index contributed by atoms with van der Waals surface area (Å²) in [6.45, 7) is 1.97. The molecule has 21 heavy (non-hydrogen) atoms. The summed E-state index contributed by atoms with van der Waals surface area (Å²) in [5.41, 5.74) is 2.73. The summed E-state index contributed by atoms with van der Waals surface area (Å²) in [7, 11) is 0. The average molecular weight is 285 g/mol. The van der Waals surface area contributed by atoms with Crippen molar-refractivity contribution in [3.05, 3.63) is 30.2 Å². The number of aromatic nitrogens is 2. The number of hydrogen-bond donors (Lipinski definition) is 1. The van der Waals surface area contributed by atoms with Crippen LogP contribution >= 0.6 is 0 Å². The van der Waals surface area contributed by atoms with Gasteiger partial charge < -0.3 is 9.72 Å². The largest absolute Gasteiger partial charge is 0.325 e. The molecule has 1 N–H and O–H groups in total. The molecule has 0 aliphatic heterocycles. The van der Waals surface area contributed by atoms with Gasteiger partial charge in [0.15, 0.2) is 0 Å². The van der Waals surface area contributed by atoms with Crippen molar-refractivity contribution in [1.82, 2.24) is 9.38 Å². The van der Waals surface area contributed by atoms with Gasteiger partial charge >= 0.3 is 0 Å². The summed E-state index contributed by atoms with van der Waals surface area (Å²) in [4.78, 5) is 16.4. The maximum atomic E-state index is 12.1. The van der Waals surface area contributed by atoms with Crippen molar-refractivity contribution in [1.29, 1.82) is 0 Å². The maximum Gasteiger partial charge on any atom is 0.224 e. The quantitative estimate of drug-likeness (QED) is 0.924. The number of carbonyl (C=O) groups is 1. The molecule has 0 spiro atoms. The number of rotatable bonds is 4. The van der Waals surface area contributed by atoms with Crippen molar-refractivity contribution in [3.8, 4) is 0 Å². The second kappa shape index (κ2) is 6.29. The van der Waals surface area contributed by atoms with Crippen LogP contribution < -0.4 is 5.32 Å². The van der Waals surface area contributed by atoms with Crippen LogP contribution in [-0.4, -0.2) is 15.3 Å². The highest BCUT2D eigenvalue weighted by molar-refractivity contribution is 5.90. The number of aryl methyl sites for hydroxylation is 1. The van der Waals surface area contributed by atoms with Crippen LogP contribution in [0.5, 0.6) is 0 Å². The molecule has 4 heteroatoms. The molecule has 2 aromatic heterocycles. The Bertz CT molecular complexity index is 626. The topological polar surface area (TPSA) is 46.4 Å². The normalized spacial score (nSPS) is 16.2. The number of hydrogen-bond acceptors (Lipinski definition) is 2. The molecule has 2 aromatic rings. The Morgan fingerprint density at radius 1 is 1.29 bits per heavy atom. The number of amides is 1. The first-order valence-electron chi connectivity index (χ1n) is 7.96. The van der Waals surface area contributed by atoms with E-state index in [1.165, 1.54) is 32.1 Å². The van der Waals surface area contributed by atoms with E-state index in [0.29, 0.717) is 6.42 Å². The van der Waals surface area contributed by atoms with E-state index in [1.54, 1.807) is 0 Å². The first-order valence-corrected chi connectivity index (χ1v) is 7.96. The van der Waals surface area contributed by atoms with Gasteiger partial charge in [-0.05, 0) is 31.4 Å². The van der Waals surface area contributed by atoms with Crippen molar-refractivity contribution in [3.63, 3.8) is 0 Å². The molecule has 0 bridgehead atoms. The molecule has 1 saturated carbocycles. The highest BCUT2D eigenvalue weighted by Crippen LogP contribution is 2.27. The van der Waals surface area contributed by atoms with E-state index in [4.69, 9.17) is 0 Å². The van der Waals surface area contributed by atoms with Crippen LogP contribution in [0.25, 0.3) is 5.65 Å². The van der Waals surface area contributed by atoms with E-state index >= 15 is 0 Å². The molecule has 0 aromatic carbocycles. The van der Waals surface area contributed by atoms with E-state index in [9.17, 15) is 4.79 Å². The van der Waals surface area contributed by atoms with Gasteiger partial charge in [-0.2, -0.15) is 0 Å². The fraction of sp³-hybridized carbons (Fsp3) is 0.529. The molecule has 1 amide bonds. The molecule has 0 atom stereocenters. The summed E-state index contributed by atoms with van der Waals surface area (Å²) in [5, 5.41) is 3.00. The molecular formula is C17H23N3O. The zero-order valence-corrected chi connectivity index (χ0v) is 12.6. The number of nitrogens with one attached hydrogen (secondary N) is 1. The Kier molecular flexibility index (Phi) is 4.23. The lowest BCUT2D eigenvalue weighted by Gasteiger charge is -2.20. The Balaban J connectivity index is 1.55. The van der Waals surface area contributed by atoms with Crippen LogP contribution in [0.15, 0.2) is 24.5 Å². The molecule has 1 fully saturated rings. The van der Waals surface area contributed by atoms with Gasteiger partial charge in [0, 0.05) is 18.8 Å². The van der Waals surface area contributed by atoms with Crippen molar-refractivity contribution >= 4 is 17.2 Å². The molecule has 4 nitrogen and oxygen atoms in total. The van der Waals surface area contributed by atoms with Crippen LogP contribution in [0, 0.1) is 12.8 Å². The molecular weight excluding hydrogens is 262 g/mol. The summed E-state index contributed by atoms with van der Waals surface area (Å²) >= 11 is 0. The van der Waals surface area contributed by atoms with E-state index in [2.05, 4.69) is 10.3 Å². The van der Waals surface area contributed by atoms with E-state index in [1.807, 2.05) is 35.9 Å². The number of fused-ring (bicyclic) bond motifs is 1. The first-order chi connectivity index (χ1) is 10.2. The molecule has 112 valence electrons. The van der Waals surface area contributed by atoms with Gasteiger partial charge in [0.2, 0.25) is 5.91 Å². The zero-order chi connectivity index (χ0) is 14.7. The third-order valence-electron chi connectivity index (χ3n) is 4.36. The van der Waals surface area contributed by atoms with Crippen molar-refractivity contribution < 1.29 is 4.79 Å². The predicted molar refractivity (Wildman–Crippen MR) is 84.4 cm³/mol. The van der Waals surface area contributed by atoms with Crippen molar-refractivity contribution in [2.75, 3.05) is 5.32 Å². The number of anilines is 1. The zero-order valence-electron chi connectivity index (χ0n) is 12.6. The Labute approximate surface area is 125 Å². The Morgan fingerprint density at radius 2 is 2.10 bits per heavy atom. The van der Waals surface area contributed by atoms with Gasteiger partial charge in [-0.3, -0.25) is 4.79 Å². The number of carbonyl (C=O) groups excluding carboxylic acids is 1. The van der Waals surface area contributed by atoms with Gasteiger partial charge in [-0.15, -0.1) is 0 Å². The van der Waals surface area contributed by atoms with Gasteiger partial charge in [0.05, 0.1) is 11.4 Å². The Morgan fingerprint density at radius 3 is 2.90 bits per heavy atom. The minimum absolute atomic E-state index is 0.122. The van der Waals surface area contributed by atoms with E-state index in [-0.39, 0.29) is 5.91 Å². The second-order valence-corrected chi connectivity index (χ2v) is 6.16. The second-order valence-electron chi connectivity index (χ2n) is 6.16. The van der Waals surface area contributed by atoms with Crippen molar-refractivity contribution in [2.24, 2.45) is 5.92 Å². The fourth-order valence-electron chi connectivity index (χ4n) is 3.23. The van der Waals surface area contributed by atoms with Crippen LogP contribution in [0.1, 0.15) is 50.6 Å². The molecule has 3 rings (SSSR count).